The molecule has 0 aliphatic carbocycles. The molecule has 2 N–H and O–H groups in total. The minimum Gasteiger partial charge on any atom is -0.497 e. The van der Waals surface area contributed by atoms with Gasteiger partial charge in [0, 0.05) is 0 Å². The van der Waals surface area contributed by atoms with E-state index in [1.54, 1.807) is 31.9 Å². The summed E-state index contributed by atoms with van der Waals surface area (Å²) in [6, 6.07) is 28.2. The molecule has 1 fully saturated rings. The summed E-state index contributed by atoms with van der Waals surface area (Å²) in [5, 5.41) is 14.5. The van der Waals surface area contributed by atoms with Crippen LogP contribution in [0.1, 0.15) is 43.7 Å². The third-order valence-electron chi connectivity index (χ3n) is 8.01. The van der Waals surface area contributed by atoms with Gasteiger partial charge in [-0.3, -0.25) is 4.57 Å². The number of hydrogen-bond acceptors (Lipinski definition) is 8. The van der Waals surface area contributed by atoms with Gasteiger partial charge in [-0.2, -0.15) is 9.97 Å². The lowest BCUT2D eigenvalue weighted by Crippen LogP contribution is -2.39. The number of benzene rings is 3. The van der Waals surface area contributed by atoms with Gasteiger partial charge < -0.3 is 24.6 Å². The molecule has 43 heavy (non-hydrogen) atoms. The van der Waals surface area contributed by atoms with Crippen molar-refractivity contribution in [2.45, 2.75) is 49.6 Å². The third kappa shape index (κ3) is 4.97. The molecule has 3 aromatic carbocycles. The summed E-state index contributed by atoms with van der Waals surface area (Å²) in [5.41, 5.74) is 2.92. The van der Waals surface area contributed by atoms with E-state index in [1.165, 1.54) is 0 Å². The van der Waals surface area contributed by atoms with Gasteiger partial charge in [-0.1, -0.05) is 72.8 Å². The van der Waals surface area contributed by atoms with E-state index in [4.69, 9.17) is 35.8 Å². The predicted octanol–water partition coefficient (Wildman–Crippen LogP) is 5.91. The van der Waals surface area contributed by atoms with Crippen LogP contribution < -0.4 is 14.8 Å². The molecule has 2 aromatic heterocycles. The lowest BCUT2D eigenvalue weighted by atomic mass is 9.77. The molecular weight excluding hydrogens is 566 g/mol. The van der Waals surface area contributed by atoms with E-state index in [0.717, 1.165) is 22.4 Å². The highest BCUT2D eigenvalue weighted by Crippen LogP contribution is 2.45. The van der Waals surface area contributed by atoms with Crippen LogP contribution in [0.3, 0.4) is 0 Å². The number of anilines is 1. The van der Waals surface area contributed by atoms with Crippen molar-refractivity contribution in [2.24, 2.45) is 0 Å². The zero-order valence-corrected chi connectivity index (χ0v) is 25.2. The molecule has 0 bridgehead atoms. The normalized spacial score (nSPS) is 22.0. The Labute approximate surface area is 255 Å². The predicted molar refractivity (Wildman–Crippen MR) is 166 cm³/mol. The van der Waals surface area contributed by atoms with Crippen molar-refractivity contribution in [3.63, 3.8) is 0 Å². The zero-order valence-electron chi connectivity index (χ0n) is 24.4. The van der Waals surface area contributed by atoms with E-state index in [9.17, 15) is 5.11 Å². The van der Waals surface area contributed by atoms with Crippen molar-refractivity contribution in [2.75, 3.05) is 19.0 Å². The van der Waals surface area contributed by atoms with Crippen LogP contribution in [0.5, 0.6) is 11.6 Å². The number of nitrogens with zero attached hydrogens (tertiary/aromatic N) is 4. The first-order chi connectivity index (χ1) is 20.8. The second-order valence-electron chi connectivity index (χ2n) is 10.7. The summed E-state index contributed by atoms with van der Waals surface area (Å²) >= 11 is 6.86. The molecule has 9 nitrogen and oxygen atoms in total. The summed E-state index contributed by atoms with van der Waals surface area (Å²) in [4.78, 5) is 13.3. The summed E-state index contributed by atoms with van der Waals surface area (Å²) in [7, 11) is 1.65. The number of imidazole rings is 1. The summed E-state index contributed by atoms with van der Waals surface area (Å²) < 4.78 is 19.3. The third-order valence-corrected chi connectivity index (χ3v) is 8.42. The van der Waals surface area contributed by atoms with Crippen molar-refractivity contribution in [1.82, 2.24) is 19.5 Å². The van der Waals surface area contributed by atoms with Crippen molar-refractivity contribution in [3.05, 3.63) is 108 Å². The monoisotopic (exact) mass is 599 g/mol. The highest BCUT2D eigenvalue weighted by Gasteiger charge is 2.52. The Morgan fingerprint density at radius 1 is 0.977 bits per heavy atom. The van der Waals surface area contributed by atoms with E-state index in [1.807, 2.05) is 67.6 Å². The van der Waals surface area contributed by atoms with Crippen molar-refractivity contribution < 1.29 is 19.3 Å². The van der Waals surface area contributed by atoms with Gasteiger partial charge in [0.1, 0.15) is 22.3 Å². The molecule has 0 saturated carbocycles. The van der Waals surface area contributed by atoms with Gasteiger partial charge >= 0.3 is 0 Å². The molecule has 3 heterocycles. The number of aliphatic hydroxyl groups excluding tert-OH is 1. The van der Waals surface area contributed by atoms with Gasteiger partial charge in [0.25, 0.3) is 0 Å². The second kappa shape index (κ2) is 11.5. The highest BCUT2D eigenvalue weighted by atomic mass is 35.5. The van der Waals surface area contributed by atoms with Crippen LogP contribution >= 0.6 is 11.6 Å². The first-order valence-corrected chi connectivity index (χ1v) is 14.6. The molecule has 10 heteroatoms. The number of rotatable bonds is 9. The number of methoxy groups -OCH3 is 1. The van der Waals surface area contributed by atoms with Gasteiger partial charge in [0.05, 0.1) is 26.1 Å². The van der Waals surface area contributed by atoms with Crippen LogP contribution in [0.2, 0.25) is 0 Å². The molecule has 4 atom stereocenters. The minimum atomic E-state index is -1.11. The number of nitrogens with one attached hydrogen (secondary N) is 1. The standard InChI is InChI=1S/C33H34ClN5O4/c1-5-42-29-26-28(39(20-35-26)30-32(3,34)27(40)21(2)43-30)36-31(37-29)38-33(22-12-8-6-9-13-22,23-14-10-7-11-15-23)24-16-18-25(41-4)19-17-24/h6-21,27,30,40H,5H2,1-4H3,(H,36,37,38)/t21-,27-,30-,32-/m1/s1. The van der Waals surface area contributed by atoms with Crippen LogP contribution in [-0.2, 0) is 10.3 Å². The van der Waals surface area contributed by atoms with Crippen molar-refractivity contribution in [3.8, 4) is 11.6 Å². The fraction of sp³-hybridized carbons (Fsp3) is 0.303. The molecule has 1 saturated heterocycles. The molecule has 1 aliphatic heterocycles. The smallest absolute Gasteiger partial charge is 0.247 e. The van der Waals surface area contributed by atoms with E-state index < -0.39 is 28.8 Å². The maximum Gasteiger partial charge on any atom is 0.247 e. The highest BCUT2D eigenvalue weighted by molar-refractivity contribution is 6.24. The van der Waals surface area contributed by atoms with E-state index in [0.29, 0.717) is 29.6 Å². The maximum absolute atomic E-state index is 10.8. The van der Waals surface area contributed by atoms with Gasteiger partial charge in [-0.15, -0.1) is 11.6 Å². The lowest BCUT2D eigenvalue weighted by molar-refractivity contribution is -0.00850. The van der Waals surface area contributed by atoms with E-state index in [-0.39, 0.29) is 0 Å². The van der Waals surface area contributed by atoms with Crippen LogP contribution in [0.15, 0.2) is 91.3 Å². The first-order valence-electron chi connectivity index (χ1n) is 14.2. The average molecular weight is 600 g/mol. The van der Waals surface area contributed by atoms with Gasteiger partial charge in [0.15, 0.2) is 17.4 Å². The second-order valence-corrected chi connectivity index (χ2v) is 11.5. The maximum atomic E-state index is 10.8. The van der Waals surface area contributed by atoms with Crippen LogP contribution in [0, 0.1) is 0 Å². The first kappa shape index (κ1) is 28.9. The number of fused-ring (bicyclic) bond motifs is 1. The molecular formula is C33H34ClN5O4. The molecule has 222 valence electrons. The van der Waals surface area contributed by atoms with Gasteiger partial charge in [-0.25, -0.2) is 4.98 Å². The molecule has 0 unspecified atom stereocenters. The minimum absolute atomic E-state index is 0.309. The summed E-state index contributed by atoms with van der Waals surface area (Å²) in [6.07, 6.45) is -0.487. The number of aromatic nitrogens is 4. The number of alkyl halides is 1. The average Bonchev–Trinajstić information content (AvgIpc) is 3.54. The van der Waals surface area contributed by atoms with Gasteiger partial charge in [0.2, 0.25) is 11.8 Å². The quantitative estimate of drug-likeness (QED) is 0.159. The largest absolute Gasteiger partial charge is 0.497 e. The Morgan fingerprint density at radius 3 is 2.12 bits per heavy atom. The number of hydrogen-bond donors (Lipinski definition) is 2. The zero-order chi connectivity index (χ0) is 30.2. The number of ether oxygens (including phenoxy) is 3. The fourth-order valence-corrected chi connectivity index (χ4v) is 6.14. The summed E-state index contributed by atoms with van der Waals surface area (Å²) in [6.45, 7) is 5.81. The molecule has 0 radical (unpaired) electrons. The molecule has 5 aromatic rings. The van der Waals surface area contributed by atoms with E-state index in [2.05, 4.69) is 34.6 Å². The van der Waals surface area contributed by atoms with Crippen LogP contribution in [0.4, 0.5) is 5.95 Å². The molecule has 6 rings (SSSR count). The lowest BCUT2D eigenvalue weighted by Gasteiger charge is -2.37. The Bertz CT molecular complexity index is 1660. The Hall–Kier alpha value is -4.18. The SMILES string of the molecule is CCOc1nc(NC(c2ccccc2)(c2ccccc2)c2ccc(OC)cc2)nc2c1ncn2[C@@H]1O[C@H](C)[C@@H](O)[C@@]1(C)Cl. The van der Waals surface area contributed by atoms with Gasteiger partial charge in [-0.05, 0) is 49.6 Å². The number of aliphatic hydroxyl groups is 1. The van der Waals surface area contributed by atoms with Crippen molar-refractivity contribution >= 4 is 28.7 Å². The Balaban J connectivity index is 1.58. The Morgan fingerprint density at radius 2 is 1.58 bits per heavy atom. The molecule has 1 aliphatic rings. The van der Waals surface area contributed by atoms with E-state index >= 15 is 0 Å². The van der Waals surface area contributed by atoms with Crippen LogP contribution in [-0.4, -0.2) is 55.4 Å². The number of halogens is 1. The molecule has 0 spiro atoms. The molecule has 0 amide bonds. The fourth-order valence-electron chi connectivity index (χ4n) is 5.81. The Kier molecular flexibility index (Phi) is 7.72. The van der Waals surface area contributed by atoms with Crippen molar-refractivity contribution in [1.29, 1.82) is 0 Å². The van der Waals surface area contributed by atoms with Crippen LogP contribution in [0.25, 0.3) is 11.2 Å². The summed E-state index contributed by atoms with van der Waals surface area (Å²) in [5.74, 6) is 1.38. The topological polar surface area (TPSA) is 104 Å².